The Bertz CT molecular complexity index is 817. The van der Waals surface area contributed by atoms with E-state index >= 15 is 0 Å². The molecule has 172 valence electrons. The quantitative estimate of drug-likeness (QED) is 0.307. The number of halogens is 1. The van der Waals surface area contributed by atoms with E-state index in [1.54, 1.807) is 6.07 Å². The Morgan fingerprint density at radius 2 is 1.81 bits per heavy atom. The van der Waals surface area contributed by atoms with Gasteiger partial charge in [0.15, 0.2) is 0 Å². The van der Waals surface area contributed by atoms with E-state index in [-0.39, 0.29) is 47.7 Å². The van der Waals surface area contributed by atoms with Crippen LogP contribution in [0.4, 0.5) is 0 Å². The number of nitrogens with two attached hydrogens (primary N) is 2. The molecule has 0 aromatic heterocycles. The number of carboxylic acids is 1. The summed E-state index contributed by atoms with van der Waals surface area (Å²) in [6.07, 6.45) is -0.309. The van der Waals surface area contributed by atoms with E-state index in [1.165, 1.54) is 19.1 Å². The van der Waals surface area contributed by atoms with Crippen LogP contribution in [0.15, 0.2) is 18.2 Å². The third-order valence-corrected chi connectivity index (χ3v) is 4.74. The first-order valence-corrected chi connectivity index (χ1v) is 10.1. The zero-order valence-electron chi connectivity index (χ0n) is 17.7. The van der Waals surface area contributed by atoms with E-state index < -0.39 is 35.8 Å². The SMILES string of the molecule is CC(C)[C@@H](N)COc1ccc(Cl)cc1C(=O)N[C@@H](CCC(N)=O)C(=O)N[C@@H](C)C(=O)O. The number of carbonyl (C=O) groups excluding carboxylic acids is 3. The standard InChI is InChI=1S/C20H29ClN4O6/c1-10(2)14(22)9-31-16-6-4-12(21)8-13(16)18(27)25-15(5-7-17(23)26)19(28)24-11(3)20(29)30/h4,6,8,10-11,14-15H,5,7,9,22H2,1-3H3,(H2,23,26)(H,24,28)(H,25,27)(H,29,30)/t11-,14-,15-/m0/s1. The van der Waals surface area contributed by atoms with Gasteiger partial charge in [0.25, 0.3) is 5.91 Å². The Balaban J connectivity index is 3.05. The molecular formula is C20H29ClN4O6. The van der Waals surface area contributed by atoms with Crippen LogP contribution in [-0.4, -0.2) is 53.5 Å². The number of primary amides is 1. The van der Waals surface area contributed by atoms with E-state index in [2.05, 4.69) is 10.6 Å². The third kappa shape index (κ3) is 8.81. The van der Waals surface area contributed by atoms with Gasteiger partial charge in [-0.3, -0.25) is 19.2 Å². The van der Waals surface area contributed by atoms with Gasteiger partial charge in [-0.1, -0.05) is 25.4 Å². The summed E-state index contributed by atoms with van der Waals surface area (Å²) in [4.78, 5) is 47.5. The number of amides is 3. The molecule has 0 aliphatic rings. The van der Waals surface area contributed by atoms with Crippen LogP contribution in [0.5, 0.6) is 5.75 Å². The summed E-state index contributed by atoms with van der Waals surface area (Å²) in [5.41, 5.74) is 11.2. The Morgan fingerprint density at radius 1 is 1.16 bits per heavy atom. The molecule has 0 saturated heterocycles. The fraction of sp³-hybridized carbons (Fsp3) is 0.500. The molecule has 0 bridgehead atoms. The van der Waals surface area contributed by atoms with Crippen molar-refractivity contribution < 1.29 is 29.0 Å². The summed E-state index contributed by atoms with van der Waals surface area (Å²) in [6.45, 7) is 5.29. The van der Waals surface area contributed by atoms with Gasteiger partial charge < -0.3 is 31.9 Å². The van der Waals surface area contributed by atoms with Crippen LogP contribution in [0.25, 0.3) is 0 Å². The molecule has 0 heterocycles. The minimum atomic E-state index is -1.25. The monoisotopic (exact) mass is 456 g/mol. The summed E-state index contributed by atoms with van der Waals surface area (Å²) in [7, 11) is 0. The van der Waals surface area contributed by atoms with Crippen LogP contribution >= 0.6 is 11.6 Å². The highest BCUT2D eigenvalue weighted by atomic mass is 35.5. The van der Waals surface area contributed by atoms with Gasteiger partial charge in [0.05, 0.1) is 5.56 Å². The topological polar surface area (TPSA) is 174 Å². The highest BCUT2D eigenvalue weighted by Gasteiger charge is 2.26. The lowest BCUT2D eigenvalue weighted by molar-refractivity contribution is -0.141. The van der Waals surface area contributed by atoms with Crippen LogP contribution in [0.1, 0.15) is 44.0 Å². The average Bonchev–Trinajstić information content (AvgIpc) is 2.68. The lowest BCUT2D eigenvalue weighted by Gasteiger charge is -2.21. The second kappa shape index (κ2) is 12.1. The van der Waals surface area contributed by atoms with Gasteiger partial charge >= 0.3 is 5.97 Å². The van der Waals surface area contributed by atoms with Gasteiger partial charge in [0, 0.05) is 17.5 Å². The number of ether oxygens (including phenoxy) is 1. The Kier molecular flexibility index (Phi) is 10.2. The van der Waals surface area contributed by atoms with Gasteiger partial charge in [-0.05, 0) is 37.5 Å². The normalized spacial score (nSPS) is 13.7. The van der Waals surface area contributed by atoms with Crippen molar-refractivity contribution in [3.05, 3.63) is 28.8 Å². The predicted octanol–water partition coefficient (Wildman–Crippen LogP) is 0.655. The maximum Gasteiger partial charge on any atom is 0.325 e. The van der Waals surface area contributed by atoms with Crippen molar-refractivity contribution in [2.45, 2.75) is 51.7 Å². The minimum absolute atomic E-state index is 0.0617. The first-order chi connectivity index (χ1) is 14.4. The highest BCUT2D eigenvalue weighted by Crippen LogP contribution is 2.24. The maximum absolute atomic E-state index is 12.9. The Morgan fingerprint density at radius 3 is 2.35 bits per heavy atom. The van der Waals surface area contributed by atoms with Crippen molar-refractivity contribution in [3.63, 3.8) is 0 Å². The molecule has 0 aliphatic carbocycles. The number of benzene rings is 1. The number of rotatable bonds is 12. The summed E-state index contributed by atoms with van der Waals surface area (Å²) in [5.74, 6) is -3.01. The van der Waals surface area contributed by atoms with Crippen molar-refractivity contribution in [1.29, 1.82) is 0 Å². The number of carbonyl (C=O) groups is 4. The molecule has 1 aromatic carbocycles. The molecule has 31 heavy (non-hydrogen) atoms. The zero-order chi connectivity index (χ0) is 23.7. The van der Waals surface area contributed by atoms with E-state index in [0.29, 0.717) is 0 Å². The van der Waals surface area contributed by atoms with Gasteiger partial charge in [-0.25, -0.2) is 0 Å². The molecule has 0 radical (unpaired) electrons. The van der Waals surface area contributed by atoms with Crippen LogP contribution in [-0.2, 0) is 14.4 Å². The molecule has 3 atom stereocenters. The van der Waals surface area contributed by atoms with Crippen molar-refractivity contribution in [1.82, 2.24) is 10.6 Å². The van der Waals surface area contributed by atoms with Crippen LogP contribution in [0.3, 0.4) is 0 Å². The minimum Gasteiger partial charge on any atom is -0.491 e. The molecule has 0 spiro atoms. The molecule has 0 aliphatic heterocycles. The molecule has 1 aromatic rings. The van der Waals surface area contributed by atoms with E-state index in [0.717, 1.165) is 0 Å². The lowest BCUT2D eigenvalue weighted by atomic mass is 10.1. The molecule has 0 saturated carbocycles. The summed E-state index contributed by atoms with van der Waals surface area (Å²) < 4.78 is 5.68. The van der Waals surface area contributed by atoms with Crippen LogP contribution in [0.2, 0.25) is 5.02 Å². The molecule has 10 nitrogen and oxygen atoms in total. The van der Waals surface area contributed by atoms with Crippen molar-refractivity contribution in [2.75, 3.05) is 6.61 Å². The molecule has 1 rings (SSSR count). The second-order valence-electron chi connectivity index (χ2n) is 7.46. The summed E-state index contributed by atoms with van der Waals surface area (Å²) in [6, 6.07) is 1.76. The van der Waals surface area contributed by atoms with Crippen molar-refractivity contribution in [3.8, 4) is 5.75 Å². The molecule has 11 heteroatoms. The molecular weight excluding hydrogens is 428 g/mol. The van der Waals surface area contributed by atoms with E-state index in [4.69, 9.17) is 32.9 Å². The highest BCUT2D eigenvalue weighted by molar-refractivity contribution is 6.31. The smallest absolute Gasteiger partial charge is 0.325 e. The third-order valence-electron chi connectivity index (χ3n) is 4.50. The molecule has 3 amide bonds. The average molecular weight is 457 g/mol. The van der Waals surface area contributed by atoms with E-state index in [9.17, 15) is 19.2 Å². The summed E-state index contributed by atoms with van der Waals surface area (Å²) >= 11 is 6.01. The van der Waals surface area contributed by atoms with Gasteiger partial charge in [0.1, 0.15) is 24.4 Å². The lowest BCUT2D eigenvalue weighted by Crippen LogP contribution is -2.51. The maximum atomic E-state index is 12.9. The predicted molar refractivity (Wildman–Crippen MR) is 115 cm³/mol. The van der Waals surface area contributed by atoms with Gasteiger partial charge in [-0.2, -0.15) is 0 Å². The summed E-state index contributed by atoms with van der Waals surface area (Å²) in [5, 5.41) is 14.0. The van der Waals surface area contributed by atoms with Crippen molar-refractivity contribution >= 4 is 35.3 Å². The fourth-order valence-electron chi connectivity index (χ4n) is 2.35. The molecule has 0 fully saturated rings. The number of hydrogen-bond acceptors (Lipinski definition) is 6. The first kappa shape index (κ1) is 26.2. The number of nitrogens with one attached hydrogen (secondary N) is 2. The molecule has 7 N–H and O–H groups in total. The molecule has 0 unspecified atom stereocenters. The Hall–Kier alpha value is -2.85. The van der Waals surface area contributed by atoms with Crippen molar-refractivity contribution in [2.24, 2.45) is 17.4 Å². The van der Waals surface area contributed by atoms with Gasteiger partial charge in [-0.15, -0.1) is 0 Å². The second-order valence-corrected chi connectivity index (χ2v) is 7.90. The van der Waals surface area contributed by atoms with E-state index in [1.807, 2.05) is 13.8 Å². The zero-order valence-corrected chi connectivity index (χ0v) is 18.4. The fourth-order valence-corrected chi connectivity index (χ4v) is 2.52. The first-order valence-electron chi connectivity index (χ1n) is 9.72. The van der Waals surface area contributed by atoms with Gasteiger partial charge in [0.2, 0.25) is 11.8 Å². The number of carboxylic acid groups (broad SMARTS) is 1. The Labute approximate surface area is 185 Å². The largest absolute Gasteiger partial charge is 0.491 e. The van der Waals surface area contributed by atoms with Crippen LogP contribution in [0, 0.1) is 5.92 Å². The number of aliphatic carboxylic acids is 1. The number of hydrogen-bond donors (Lipinski definition) is 5. The van der Waals surface area contributed by atoms with Crippen LogP contribution < -0.4 is 26.8 Å².